The number of phosphoric ester groups is 1. The van der Waals surface area contributed by atoms with Gasteiger partial charge in [0.15, 0.2) is 0 Å². The molecule has 0 saturated carbocycles. The molecule has 0 radical (unpaired) electrons. The molecular weight excluding hydrogens is 1010 g/mol. The van der Waals surface area contributed by atoms with E-state index in [1.165, 1.54) is 161 Å². The molecule has 3 unspecified atom stereocenters. The lowest BCUT2D eigenvalue weighted by atomic mass is 10.0. The van der Waals surface area contributed by atoms with Gasteiger partial charge in [-0.25, -0.2) is 4.57 Å². The summed E-state index contributed by atoms with van der Waals surface area (Å²) in [5.74, 6) is -0.516. The molecule has 1 amide bonds. The van der Waals surface area contributed by atoms with Gasteiger partial charge in [-0.05, 0) is 102 Å². The van der Waals surface area contributed by atoms with Gasteiger partial charge >= 0.3 is 13.8 Å². The molecule has 0 fully saturated rings. The predicted octanol–water partition coefficient (Wildman–Crippen LogP) is 21.0. The summed E-state index contributed by atoms with van der Waals surface area (Å²) in [5, 5.41) is 3.06. The minimum Gasteiger partial charge on any atom is -0.456 e. The normalized spacial score (nSPS) is 14.1. The molecule has 3 atom stereocenters. The third kappa shape index (κ3) is 59.8. The fourth-order valence-corrected chi connectivity index (χ4v) is 10.2. The molecule has 0 spiro atoms. The fraction of sp³-hybridized carbons (Fsp3) is 0.771. The number of amides is 1. The van der Waals surface area contributed by atoms with Crippen LogP contribution < -0.4 is 5.32 Å². The van der Waals surface area contributed by atoms with Gasteiger partial charge in [0.2, 0.25) is 5.91 Å². The van der Waals surface area contributed by atoms with E-state index >= 15 is 0 Å². The minimum absolute atomic E-state index is 0.0348. The van der Waals surface area contributed by atoms with E-state index in [2.05, 4.69) is 99.0 Å². The zero-order valence-corrected chi connectivity index (χ0v) is 54.0. The highest BCUT2D eigenvalue weighted by Gasteiger charge is 2.30. The Bertz CT molecular complexity index is 1640. The SMILES string of the molecule is CC/C=C\C/C=C\C/C=C\C/C=C\C/C=C\CCCCCCCCCC(=O)NC(COP(=O)(O)OCC[N+](C)(C)C)C(/C=C\CCCCCCCCCCCC)OC(=O)CCCCCCCCCCC/C=C/CCCCCCCC. The summed E-state index contributed by atoms with van der Waals surface area (Å²) < 4.78 is 30.8. The van der Waals surface area contributed by atoms with Gasteiger partial charge in [0.05, 0.1) is 33.8 Å². The summed E-state index contributed by atoms with van der Waals surface area (Å²) in [4.78, 5) is 37.8. The minimum atomic E-state index is -4.46. The first kappa shape index (κ1) is 77.2. The molecule has 0 aliphatic heterocycles. The molecule has 80 heavy (non-hydrogen) atoms. The van der Waals surface area contributed by atoms with Crippen LogP contribution >= 0.6 is 7.82 Å². The lowest BCUT2D eigenvalue weighted by Crippen LogP contribution is -2.47. The van der Waals surface area contributed by atoms with Gasteiger partial charge in [-0.3, -0.25) is 18.6 Å². The Labute approximate surface area is 495 Å². The van der Waals surface area contributed by atoms with Crippen molar-refractivity contribution in [3.8, 4) is 0 Å². The van der Waals surface area contributed by atoms with Crippen LogP contribution in [0.5, 0.6) is 0 Å². The molecule has 0 aliphatic carbocycles. The Morgan fingerprint density at radius 3 is 1.21 bits per heavy atom. The van der Waals surface area contributed by atoms with E-state index in [0.717, 1.165) is 103 Å². The van der Waals surface area contributed by atoms with Crippen LogP contribution in [-0.4, -0.2) is 74.3 Å². The predicted molar refractivity (Wildman–Crippen MR) is 346 cm³/mol. The maximum absolute atomic E-state index is 13.6. The summed E-state index contributed by atoms with van der Waals surface area (Å²) in [5.41, 5.74) is 0. The van der Waals surface area contributed by atoms with Crippen molar-refractivity contribution in [1.82, 2.24) is 5.32 Å². The Morgan fingerprint density at radius 2 is 0.800 bits per heavy atom. The number of ether oxygens (including phenoxy) is 1. The number of carbonyl (C=O) groups is 2. The number of nitrogens with one attached hydrogen (secondary N) is 1. The number of nitrogens with zero attached hydrogens (tertiary/aromatic N) is 1. The standard InChI is InChI=1S/C70H127N2O7P/c1-7-10-13-16-19-22-25-28-30-32-34-35-36-37-39-40-42-44-47-50-53-56-59-62-69(73)71-67(66-78-80(75,76)77-65-64-72(4,5)6)68(61-58-55-52-49-46-27-24-21-18-15-12-9-3)79-70(74)63-60-57-54-51-48-45-43-41-38-33-31-29-26-23-20-17-14-11-8-2/h10,13,19,22,28-31,34-35,37,39,58,61,67-68H,7-9,11-12,14-18,20-21,23-27,32-33,36,38,40-57,59-60,62-66H2,1-6H3,(H-,71,73,75,76)/p+1/b13-10-,22-19-,30-28-,31-29+,35-34-,39-37-,61-58-. The summed E-state index contributed by atoms with van der Waals surface area (Å²) in [6.07, 6.45) is 78.7. The molecule has 9 nitrogen and oxygen atoms in total. The van der Waals surface area contributed by atoms with Crippen molar-refractivity contribution >= 4 is 19.7 Å². The lowest BCUT2D eigenvalue weighted by Gasteiger charge is -2.27. The highest BCUT2D eigenvalue weighted by atomic mass is 31.2. The van der Waals surface area contributed by atoms with Crippen molar-refractivity contribution in [1.29, 1.82) is 0 Å². The Kier molecular flexibility index (Phi) is 57.3. The quantitative estimate of drug-likeness (QED) is 0.0205. The summed E-state index contributed by atoms with van der Waals surface area (Å²) in [6.45, 7) is 6.90. The first-order chi connectivity index (χ1) is 38.9. The molecule has 0 heterocycles. The second-order valence-corrected chi connectivity index (χ2v) is 25.1. The van der Waals surface area contributed by atoms with Crippen molar-refractivity contribution in [2.75, 3.05) is 40.9 Å². The van der Waals surface area contributed by atoms with Crippen LogP contribution in [0.4, 0.5) is 0 Å². The molecule has 0 bridgehead atoms. The van der Waals surface area contributed by atoms with Crippen LogP contribution in [0, 0.1) is 0 Å². The van der Waals surface area contributed by atoms with Gasteiger partial charge in [0.25, 0.3) is 0 Å². The number of hydrogen-bond acceptors (Lipinski definition) is 6. The monoisotopic (exact) mass is 1140 g/mol. The number of hydrogen-bond donors (Lipinski definition) is 2. The van der Waals surface area contributed by atoms with Crippen LogP contribution in [0.1, 0.15) is 297 Å². The Hall–Kier alpha value is -2.81. The molecule has 0 aromatic rings. The molecule has 10 heteroatoms. The van der Waals surface area contributed by atoms with Gasteiger partial charge in [-0.2, -0.15) is 0 Å². The summed E-state index contributed by atoms with van der Waals surface area (Å²) in [6, 6.07) is -0.859. The number of rotatable bonds is 60. The van der Waals surface area contributed by atoms with Crippen molar-refractivity contribution in [3.05, 3.63) is 85.1 Å². The average molecular weight is 1140 g/mol. The Morgan fingerprint density at radius 1 is 0.450 bits per heavy atom. The molecular formula is C70H128N2O7P+. The number of carbonyl (C=O) groups excluding carboxylic acids is 2. The van der Waals surface area contributed by atoms with Crippen molar-refractivity contribution in [2.45, 2.75) is 309 Å². The third-order valence-corrected chi connectivity index (χ3v) is 15.6. The maximum Gasteiger partial charge on any atom is 0.472 e. The van der Waals surface area contributed by atoms with Gasteiger partial charge in [-0.1, -0.05) is 267 Å². The largest absolute Gasteiger partial charge is 0.472 e. The van der Waals surface area contributed by atoms with Gasteiger partial charge in [0.1, 0.15) is 19.3 Å². The van der Waals surface area contributed by atoms with E-state index in [9.17, 15) is 19.0 Å². The lowest BCUT2D eigenvalue weighted by molar-refractivity contribution is -0.870. The molecule has 0 aromatic carbocycles. The second-order valence-electron chi connectivity index (χ2n) is 23.6. The number of quaternary nitrogens is 1. The van der Waals surface area contributed by atoms with Crippen molar-refractivity contribution in [3.63, 3.8) is 0 Å². The van der Waals surface area contributed by atoms with Crippen LogP contribution in [-0.2, 0) is 27.9 Å². The van der Waals surface area contributed by atoms with Gasteiger partial charge < -0.3 is 19.4 Å². The van der Waals surface area contributed by atoms with Crippen LogP contribution in [0.3, 0.4) is 0 Å². The van der Waals surface area contributed by atoms with E-state index in [1.54, 1.807) is 0 Å². The van der Waals surface area contributed by atoms with Crippen LogP contribution in [0.15, 0.2) is 85.1 Å². The first-order valence-electron chi connectivity index (χ1n) is 33.4. The number of allylic oxidation sites excluding steroid dienone is 13. The number of likely N-dealkylation sites (N-methyl/N-ethyl adjacent to an activating group) is 1. The van der Waals surface area contributed by atoms with Crippen molar-refractivity contribution in [2.24, 2.45) is 0 Å². The molecule has 0 aliphatic rings. The average Bonchev–Trinajstić information content (AvgIpc) is 3.42. The van der Waals surface area contributed by atoms with E-state index in [-0.39, 0.29) is 31.5 Å². The van der Waals surface area contributed by atoms with Gasteiger partial charge in [0, 0.05) is 12.8 Å². The van der Waals surface area contributed by atoms with E-state index in [4.69, 9.17) is 13.8 Å². The molecule has 2 N–H and O–H groups in total. The van der Waals surface area contributed by atoms with E-state index < -0.39 is 20.0 Å². The first-order valence-corrected chi connectivity index (χ1v) is 34.9. The van der Waals surface area contributed by atoms with E-state index in [0.29, 0.717) is 17.4 Å². The number of phosphoric acid groups is 1. The maximum atomic E-state index is 13.6. The molecule has 0 aromatic heterocycles. The smallest absolute Gasteiger partial charge is 0.456 e. The highest BCUT2D eigenvalue weighted by Crippen LogP contribution is 2.43. The number of unbranched alkanes of at least 4 members (excludes halogenated alkanes) is 32. The fourth-order valence-electron chi connectivity index (χ4n) is 9.43. The van der Waals surface area contributed by atoms with Crippen molar-refractivity contribution < 1.29 is 37.3 Å². The zero-order valence-electron chi connectivity index (χ0n) is 53.1. The highest BCUT2D eigenvalue weighted by molar-refractivity contribution is 7.47. The number of esters is 1. The van der Waals surface area contributed by atoms with Crippen LogP contribution in [0.25, 0.3) is 0 Å². The van der Waals surface area contributed by atoms with E-state index in [1.807, 2.05) is 33.3 Å². The topological polar surface area (TPSA) is 111 Å². The third-order valence-electron chi connectivity index (χ3n) is 14.6. The molecule has 464 valence electrons. The summed E-state index contributed by atoms with van der Waals surface area (Å²) in [7, 11) is 1.48. The molecule has 0 rings (SSSR count). The summed E-state index contributed by atoms with van der Waals surface area (Å²) >= 11 is 0. The van der Waals surface area contributed by atoms with Crippen LogP contribution in [0.2, 0.25) is 0 Å². The zero-order chi connectivity index (χ0) is 58.6. The molecule has 0 saturated heterocycles. The second kappa shape index (κ2) is 59.4. The Balaban J connectivity index is 5.19. The van der Waals surface area contributed by atoms with Gasteiger partial charge in [-0.15, -0.1) is 0 Å².